The molecule has 0 unspecified atom stereocenters. The van der Waals surface area contributed by atoms with Crippen molar-refractivity contribution in [2.45, 2.75) is 40.2 Å². The predicted molar refractivity (Wildman–Crippen MR) is 121 cm³/mol. The molecular weight excluding hydrogens is 410 g/mol. The van der Waals surface area contributed by atoms with Gasteiger partial charge in [-0.15, -0.1) is 5.10 Å². The van der Waals surface area contributed by atoms with Crippen molar-refractivity contribution in [2.75, 3.05) is 50.8 Å². The second-order valence-corrected chi connectivity index (χ2v) is 7.77. The van der Waals surface area contributed by atoms with Gasteiger partial charge in [0.15, 0.2) is 5.69 Å². The van der Waals surface area contributed by atoms with Gasteiger partial charge < -0.3 is 14.4 Å². The topological polar surface area (TPSA) is 89.8 Å². The summed E-state index contributed by atoms with van der Waals surface area (Å²) in [6.45, 7) is 11.5. The second-order valence-electron chi connectivity index (χ2n) is 7.77. The van der Waals surface area contributed by atoms with E-state index in [9.17, 15) is 9.59 Å². The van der Waals surface area contributed by atoms with Crippen molar-refractivity contribution >= 4 is 17.6 Å². The van der Waals surface area contributed by atoms with Crippen LogP contribution in [0.3, 0.4) is 0 Å². The number of piperazine rings is 1. The summed E-state index contributed by atoms with van der Waals surface area (Å²) in [6, 6.07) is 8.52. The molecule has 0 N–H and O–H groups in total. The highest BCUT2D eigenvalue weighted by atomic mass is 16.5. The van der Waals surface area contributed by atoms with E-state index in [4.69, 9.17) is 9.47 Å². The molecule has 0 saturated carbocycles. The molecule has 0 amide bonds. The number of hydrogen-bond donors (Lipinski definition) is 0. The largest absolute Gasteiger partial charge is 0.461 e. The molecule has 32 heavy (non-hydrogen) atoms. The fourth-order valence-electron chi connectivity index (χ4n) is 3.94. The minimum Gasteiger partial charge on any atom is -0.461 e. The van der Waals surface area contributed by atoms with Gasteiger partial charge in [-0.1, -0.05) is 23.4 Å². The Kier molecular flexibility index (Phi) is 8.61. The molecule has 2 aromatic rings. The smallest absolute Gasteiger partial charge is 0.361 e. The van der Waals surface area contributed by atoms with Crippen LogP contribution in [0.2, 0.25) is 0 Å². The molecule has 3 rings (SSSR count). The summed E-state index contributed by atoms with van der Waals surface area (Å²) in [5.41, 5.74) is 2.62. The average molecular weight is 444 g/mol. The minimum absolute atomic E-state index is 0.0668. The van der Waals surface area contributed by atoms with E-state index in [1.807, 2.05) is 0 Å². The van der Waals surface area contributed by atoms with Gasteiger partial charge in [0.1, 0.15) is 0 Å². The number of benzene rings is 1. The number of aromatic nitrogens is 3. The standard InChI is InChI=1S/C23H33N5O4/c1-4-31-22(29)20-21(23(30)32-5-2)28(25-24-20)13-9-8-12-26-14-16-27(17-15-26)19-11-7-6-10-18(19)3/h6-7,10-11H,4-5,8-9,12-17H2,1-3H3. The van der Waals surface area contributed by atoms with Crippen LogP contribution in [-0.2, 0) is 16.0 Å². The molecule has 1 fully saturated rings. The van der Waals surface area contributed by atoms with E-state index in [1.54, 1.807) is 13.8 Å². The van der Waals surface area contributed by atoms with E-state index in [0.717, 1.165) is 45.6 Å². The normalized spacial score (nSPS) is 14.4. The van der Waals surface area contributed by atoms with Gasteiger partial charge in [-0.25, -0.2) is 14.3 Å². The zero-order valence-electron chi connectivity index (χ0n) is 19.2. The van der Waals surface area contributed by atoms with Crippen LogP contribution in [0.15, 0.2) is 24.3 Å². The maximum atomic E-state index is 12.4. The Morgan fingerprint density at radius 1 is 0.938 bits per heavy atom. The molecule has 0 bridgehead atoms. The van der Waals surface area contributed by atoms with Crippen LogP contribution >= 0.6 is 0 Å². The fourth-order valence-corrected chi connectivity index (χ4v) is 3.94. The Hall–Kier alpha value is -2.94. The molecule has 1 aliphatic rings. The van der Waals surface area contributed by atoms with Crippen LogP contribution in [0.5, 0.6) is 0 Å². The van der Waals surface area contributed by atoms with E-state index in [2.05, 4.69) is 51.3 Å². The van der Waals surface area contributed by atoms with Gasteiger partial charge in [0.2, 0.25) is 5.69 Å². The molecule has 2 heterocycles. The third-order valence-corrected chi connectivity index (χ3v) is 5.60. The highest BCUT2D eigenvalue weighted by molar-refractivity contribution is 6.00. The first-order valence-electron chi connectivity index (χ1n) is 11.4. The van der Waals surface area contributed by atoms with Crippen molar-refractivity contribution in [3.63, 3.8) is 0 Å². The van der Waals surface area contributed by atoms with Gasteiger partial charge in [0.25, 0.3) is 0 Å². The number of ether oxygens (including phenoxy) is 2. The van der Waals surface area contributed by atoms with Crippen LogP contribution < -0.4 is 4.90 Å². The summed E-state index contributed by atoms with van der Waals surface area (Å²) in [5, 5.41) is 7.88. The van der Waals surface area contributed by atoms with E-state index >= 15 is 0 Å². The second kappa shape index (κ2) is 11.6. The van der Waals surface area contributed by atoms with Crippen molar-refractivity contribution in [3.8, 4) is 0 Å². The number of carbonyl (C=O) groups excluding carboxylic acids is 2. The molecule has 0 aliphatic carbocycles. The molecule has 1 aliphatic heterocycles. The van der Waals surface area contributed by atoms with Gasteiger partial charge in [-0.3, -0.25) is 4.90 Å². The first-order chi connectivity index (χ1) is 15.5. The van der Waals surface area contributed by atoms with Gasteiger partial charge in [0, 0.05) is 38.4 Å². The molecule has 9 heteroatoms. The molecule has 1 saturated heterocycles. The third kappa shape index (κ3) is 5.85. The Balaban J connectivity index is 1.49. The van der Waals surface area contributed by atoms with Crippen molar-refractivity contribution < 1.29 is 19.1 Å². The lowest BCUT2D eigenvalue weighted by molar-refractivity contribution is 0.0466. The lowest BCUT2D eigenvalue weighted by Crippen LogP contribution is -2.46. The molecule has 0 radical (unpaired) electrons. The molecular formula is C23H33N5O4. The van der Waals surface area contributed by atoms with E-state index in [0.29, 0.717) is 6.54 Å². The third-order valence-electron chi connectivity index (χ3n) is 5.60. The van der Waals surface area contributed by atoms with Gasteiger partial charge in [0.05, 0.1) is 13.2 Å². The van der Waals surface area contributed by atoms with Gasteiger partial charge in [-0.2, -0.15) is 0 Å². The summed E-state index contributed by atoms with van der Waals surface area (Å²) in [4.78, 5) is 29.4. The summed E-state index contributed by atoms with van der Waals surface area (Å²) < 4.78 is 11.5. The highest BCUT2D eigenvalue weighted by Crippen LogP contribution is 2.21. The number of rotatable bonds is 10. The molecule has 9 nitrogen and oxygen atoms in total. The quantitative estimate of drug-likeness (QED) is 0.409. The summed E-state index contributed by atoms with van der Waals surface area (Å²) >= 11 is 0. The summed E-state index contributed by atoms with van der Waals surface area (Å²) in [7, 11) is 0. The van der Waals surface area contributed by atoms with Crippen molar-refractivity contribution in [3.05, 3.63) is 41.2 Å². The highest BCUT2D eigenvalue weighted by Gasteiger charge is 2.27. The first-order valence-corrected chi connectivity index (χ1v) is 11.4. The van der Waals surface area contributed by atoms with Crippen LogP contribution in [0.25, 0.3) is 0 Å². The predicted octanol–water partition coefficient (Wildman–Crippen LogP) is 2.54. The SMILES string of the molecule is CCOC(=O)c1nnn(CCCCN2CCN(c3ccccc3C)CC2)c1C(=O)OCC. The maximum Gasteiger partial charge on any atom is 0.361 e. The molecule has 0 atom stereocenters. The van der Waals surface area contributed by atoms with Gasteiger partial charge >= 0.3 is 11.9 Å². The fraction of sp³-hybridized carbons (Fsp3) is 0.565. The zero-order valence-corrected chi connectivity index (χ0v) is 19.2. The van der Waals surface area contributed by atoms with Crippen molar-refractivity contribution in [1.29, 1.82) is 0 Å². The number of para-hydroxylation sites is 1. The Bertz CT molecular complexity index is 906. The molecule has 1 aromatic carbocycles. The number of nitrogens with zero attached hydrogens (tertiary/aromatic N) is 5. The summed E-state index contributed by atoms with van der Waals surface area (Å²) in [5.74, 6) is -1.26. The van der Waals surface area contributed by atoms with E-state index in [-0.39, 0.29) is 24.6 Å². The van der Waals surface area contributed by atoms with Crippen molar-refractivity contribution in [2.24, 2.45) is 0 Å². The van der Waals surface area contributed by atoms with E-state index in [1.165, 1.54) is 15.9 Å². The Morgan fingerprint density at radius 3 is 2.28 bits per heavy atom. The maximum absolute atomic E-state index is 12.4. The zero-order chi connectivity index (χ0) is 22.9. The number of unbranched alkanes of at least 4 members (excludes halogenated alkanes) is 1. The lowest BCUT2D eigenvalue weighted by atomic mass is 10.1. The van der Waals surface area contributed by atoms with Crippen LogP contribution in [0, 0.1) is 6.92 Å². The van der Waals surface area contributed by atoms with Gasteiger partial charge in [-0.05, 0) is 51.8 Å². The first kappa shape index (κ1) is 23.7. The number of carbonyl (C=O) groups is 2. The minimum atomic E-state index is -0.659. The Morgan fingerprint density at radius 2 is 1.59 bits per heavy atom. The average Bonchev–Trinajstić information content (AvgIpc) is 3.22. The van der Waals surface area contributed by atoms with E-state index < -0.39 is 11.9 Å². The number of aryl methyl sites for hydroxylation is 2. The monoisotopic (exact) mass is 443 g/mol. The number of anilines is 1. The molecule has 1 aromatic heterocycles. The lowest BCUT2D eigenvalue weighted by Gasteiger charge is -2.36. The number of hydrogen-bond acceptors (Lipinski definition) is 8. The summed E-state index contributed by atoms with van der Waals surface area (Å²) in [6.07, 6.45) is 1.78. The Labute approximate surface area is 189 Å². The molecule has 174 valence electrons. The van der Waals surface area contributed by atoms with Crippen LogP contribution in [0.1, 0.15) is 53.2 Å². The molecule has 0 spiro atoms. The van der Waals surface area contributed by atoms with Crippen LogP contribution in [0.4, 0.5) is 5.69 Å². The van der Waals surface area contributed by atoms with Crippen molar-refractivity contribution in [1.82, 2.24) is 19.9 Å². The number of esters is 2. The van der Waals surface area contributed by atoms with Crippen LogP contribution in [-0.4, -0.2) is 77.8 Å².